The van der Waals surface area contributed by atoms with Crippen LogP contribution in [0.5, 0.6) is 0 Å². The summed E-state index contributed by atoms with van der Waals surface area (Å²) in [6.45, 7) is 7.37. The summed E-state index contributed by atoms with van der Waals surface area (Å²) in [6.07, 6.45) is 6.68. The van der Waals surface area contributed by atoms with Crippen LogP contribution in [-0.2, 0) is 14.8 Å². The topological polar surface area (TPSA) is 148 Å². The fourth-order valence-corrected chi connectivity index (χ4v) is 5.65. The van der Waals surface area contributed by atoms with Gasteiger partial charge in [0.25, 0.3) is 0 Å². The number of anilines is 4. The summed E-state index contributed by atoms with van der Waals surface area (Å²) in [4.78, 5) is 34.4. The number of aromatic amines is 1. The van der Waals surface area contributed by atoms with Gasteiger partial charge in [0.15, 0.2) is 11.6 Å². The van der Waals surface area contributed by atoms with E-state index >= 15 is 4.39 Å². The van der Waals surface area contributed by atoms with Gasteiger partial charge in [-0.25, -0.2) is 27.8 Å². The Labute approximate surface area is 243 Å². The average molecular weight is 596 g/mol. The third kappa shape index (κ3) is 6.35. The van der Waals surface area contributed by atoms with Crippen LogP contribution in [0, 0.1) is 12.7 Å². The van der Waals surface area contributed by atoms with Crippen molar-refractivity contribution in [3.05, 3.63) is 54.2 Å². The molecule has 14 heteroatoms. The van der Waals surface area contributed by atoms with E-state index in [2.05, 4.69) is 52.1 Å². The fourth-order valence-electron chi connectivity index (χ4n) is 5.09. The minimum absolute atomic E-state index is 0.0115. The molecule has 42 heavy (non-hydrogen) atoms. The van der Waals surface area contributed by atoms with Crippen LogP contribution in [0.1, 0.15) is 18.9 Å². The number of H-pyrrole nitrogens is 1. The highest BCUT2D eigenvalue weighted by Gasteiger charge is 2.28. The molecular formula is C28H34FN9O3S. The molecule has 1 amide bonds. The summed E-state index contributed by atoms with van der Waals surface area (Å²) in [5.41, 5.74) is 2.61. The van der Waals surface area contributed by atoms with E-state index in [0.717, 1.165) is 48.9 Å². The largest absolute Gasteiger partial charge is 0.357 e. The number of hydrogen-bond acceptors (Lipinski definition) is 9. The molecule has 1 aliphatic rings. The highest BCUT2D eigenvalue weighted by atomic mass is 32.2. The second-order valence-electron chi connectivity index (χ2n) is 10.4. The molecule has 0 saturated carbocycles. The number of benzene rings is 1. The van der Waals surface area contributed by atoms with E-state index in [0.29, 0.717) is 23.4 Å². The van der Waals surface area contributed by atoms with Crippen LogP contribution in [0.2, 0.25) is 0 Å². The van der Waals surface area contributed by atoms with Gasteiger partial charge in [-0.15, -0.1) is 0 Å². The summed E-state index contributed by atoms with van der Waals surface area (Å²) in [6, 6.07) is 5.89. The molecule has 1 saturated heterocycles. The van der Waals surface area contributed by atoms with E-state index in [-0.39, 0.29) is 29.3 Å². The van der Waals surface area contributed by atoms with Gasteiger partial charge < -0.3 is 20.5 Å². The lowest BCUT2D eigenvalue weighted by Gasteiger charge is -2.36. The number of hydrogen-bond donors (Lipinski definition) is 4. The number of halogens is 1. The number of likely N-dealkylation sites (N-methyl/N-ethyl adjacent to an activating group) is 1. The molecule has 12 nitrogen and oxygen atoms in total. The first-order valence-corrected chi connectivity index (χ1v) is 15.5. The van der Waals surface area contributed by atoms with Crippen LogP contribution in [-0.4, -0.2) is 89.6 Å². The van der Waals surface area contributed by atoms with Crippen molar-refractivity contribution in [3.8, 4) is 11.3 Å². The molecule has 0 aliphatic carbocycles. The molecular weight excluding hydrogens is 561 g/mol. The van der Waals surface area contributed by atoms with Gasteiger partial charge in [0.1, 0.15) is 0 Å². The van der Waals surface area contributed by atoms with Gasteiger partial charge in [0.05, 0.1) is 34.9 Å². The molecule has 5 rings (SSSR count). The third-order valence-corrected chi connectivity index (χ3v) is 7.87. The van der Waals surface area contributed by atoms with Gasteiger partial charge in [-0.3, -0.25) is 14.4 Å². The molecule has 1 aliphatic heterocycles. The Morgan fingerprint density at radius 1 is 1.14 bits per heavy atom. The molecule has 4 heterocycles. The molecule has 4 aromatic rings. The van der Waals surface area contributed by atoms with E-state index in [1.165, 1.54) is 18.2 Å². The Kier molecular flexibility index (Phi) is 8.38. The van der Waals surface area contributed by atoms with Crippen molar-refractivity contribution in [2.24, 2.45) is 0 Å². The number of fused-ring (bicyclic) bond motifs is 1. The van der Waals surface area contributed by atoms with Crippen molar-refractivity contribution in [1.29, 1.82) is 0 Å². The number of piperazine rings is 1. The second kappa shape index (κ2) is 12.0. The number of amides is 1. The standard InChI is InChI=1S/C28H34FN9O3S/c1-5-22(38-13-11-37(3)12-14-38)27(39)35-26-25-18(9-10-30-26)19(16-31-25)24-17(2)15-32-28(34-24)33-20-7-6-8-21(23(20)29)36-42(4,40)41/h6-10,15-16,22,31,36H,5,11-14H2,1-4H3,(H,30,35,39)(H,32,33,34). The van der Waals surface area contributed by atoms with Crippen LogP contribution < -0.4 is 15.4 Å². The molecule has 222 valence electrons. The number of aromatic nitrogens is 4. The minimum Gasteiger partial charge on any atom is -0.357 e. The molecule has 4 N–H and O–H groups in total. The predicted octanol–water partition coefficient (Wildman–Crippen LogP) is 3.55. The van der Waals surface area contributed by atoms with Crippen molar-refractivity contribution in [2.75, 3.05) is 54.8 Å². The van der Waals surface area contributed by atoms with Crippen molar-refractivity contribution < 1.29 is 17.6 Å². The number of carbonyl (C=O) groups is 1. The maximum atomic E-state index is 15.0. The number of nitrogens with one attached hydrogen (secondary N) is 4. The molecule has 1 unspecified atom stereocenters. The SMILES string of the molecule is CCC(C(=O)Nc1nccc2c(-c3nc(Nc4cccc(NS(C)(=O)=O)c4F)ncc3C)c[nH]c12)N1CCN(C)CC1. The summed E-state index contributed by atoms with van der Waals surface area (Å²) >= 11 is 0. The number of carbonyl (C=O) groups excluding carboxylic acids is 1. The Morgan fingerprint density at radius 2 is 1.88 bits per heavy atom. The van der Waals surface area contributed by atoms with Gasteiger partial charge in [-0.2, -0.15) is 0 Å². The van der Waals surface area contributed by atoms with Gasteiger partial charge in [0.2, 0.25) is 21.9 Å². The molecule has 0 spiro atoms. The lowest BCUT2D eigenvalue weighted by molar-refractivity contribution is -0.122. The van der Waals surface area contributed by atoms with Gasteiger partial charge >= 0.3 is 0 Å². The lowest BCUT2D eigenvalue weighted by Crippen LogP contribution is -2.52. The van der Waals surface area contributed by atoms with Crippen molar-refractivity contribution in [1.82, 2.24) is 29.7 Å². The van der Waals surface area contributed by atoms with Crippen molar-refractivity contribution >= 4 is 50.0 Å². The normalized spacial score (nSPS) is 15.5. The number of pyridine rings is 1. The molecule has 0 radical (unpaired) electrons. The Morgan fingerprint density at radius 3 is 2.60 bits per heavy atom. The predicted molar refractivity (Wildman–Crippen MR) is 162 cm³/mol. The van der Waals surface area contributed by atoms with E-state index in [4.69, 9.17) is 0 Å². The summed E-state index contributed by atoms with van der Waals surface area (Å²) in [5, 5.41) is 6.67. The zero-order chi connectivity index (χ0) is 30.0. The fraction of sp³-hybridized carbons (Fsp3) is 0.357. The second-order valence-corrected chi connectivity index (χ2v) is 12.2. The smallest absolute Gasteiger partial charge is 0.242 e. The van der Waals surface area contributed by atoms with Crippen LogP contribution >= 0.6 is 0 Å². The van der Waals surface area contributed by atoms with Gasteiger partial charge in [-0.1, -0.05) is 13.0 Å². The van der Waals surface area contributed by atoms with E-state index in [1.54, 1.807) is 18.6 Å². The van der Waals surface area contributed by atoms with Crippen molar-refractivity contribution in [3.63, 3.8) is 0 Å². The van der Waals surface area contributed by atoms with E-state index in [1.807, 2.05) is 19.9 Å². The number of aryl methyl sites for hydroxylation is 1. The highest BCUT2D eigenvalue weighted by Crippen LogP contribution is 2.33. The van der Waals surface area contributed by atoms with Crippen LogP contribution in [0.3, 0.4) is 0 Å². The minimum atomic E-state index is -3.67. The molecule has 0 bridgehead atoms. The molecule has 1 aromatic carbocycles. The maximum Gasteiger partial charge on any atom is 0.242 e. The summed E-state index contributed by atoms with van der Waals surface area (Å²) in [7, 11) is -1.58. The number of rotatable bonds is 9. The lowest BCUT2D eigenvalue weighted by atomic mass is 10.1. The first-order chi connectivity index (χ1) is 20.0. The molecule has 1 atom stereocenters. The highest BCUT2D eigenvalue weighted by molar-refractivity contribution is 7.92. The quantitative estimate of drug-likeness (QED) is 0.228. The van der Waals surface area contributed by atoms with E-state index in [9.17, 15) is 13.2 Å². The van der Waals surface area contributed by atoms with Crippen LogP contribution in [0.4, 0.5) is 27.5 Å². The average Bonchev–Trinajstić information content (AvgIpc) is 3.38. The number of sulfonamides is 1. The monoisotopic (exact) mass is 595 g/mol. The van der Waals surface area contributed by atoms with Gasteiger partial charge in [0, 0.05) is 55.7 Å². The Bertz CT molecular complexity index is 1720. The van der Waals surface area contributed by atoms with E-state index < -0.39 is 15.8 Å². The number of nitrogens with zero attached hydrogens (tertiary/aromatic N) is 5. The summed E-state index contributed by atoms with van der Waals surface area (Å²) < 4.78 is 40.4. The van der Waals surface area contributed by atoms with Crippen molar-refractivity contribution in [2.45, 2.75) is 26.3 Å². The Hall–Kier alpha value is -4.14. The molecule has 1 fully saturated rings. The Balaban J connectivity index is 1.41. The third-order valence-electron chi connectivity index (χ3n) is 7.28. The zero-order valence-electron chi connectivity index (χ0n) is 23.9. The maximum absolute atomic E-state index is 15.0. The molecule has 3 aromatic heterocycles. The van der Waals surface area contributed by atoms with Gasteiger partial charge in [-0.05, 0) is 44.2 Å². The van der Waals surface area contributed by atoms with Crippen LogP contribution in [0.25, 0.3) is 22.2 Å². The van der Waals surface area contributed by atoms with Crippen LogP contribution in [0.15, 0.2) is 42.9 Å². The zero-order valence-corrected chi connectivity index (χ0v) is 24.7. The first-order valence-electron chi connectivity index (χ1n) is 13.6. The summed E-state index contributed by atoms with van der Waals surface area (Å²) in [5.74, 6) is -0.328. The first kappa shape index (κ1) is 29.4.